The molecule has 1 amide bonds. The molecular weight excluding hydrogens is 246 g/mol. The van der Waals surface area contributed by atoms with E-state index >= 15 is 0 Å². The number of amides is 1. The first-order valence-corrected chi connectivity index (χ1v) is 7.46. The molecule has 0 aliphatic carbocycles. The molecule has 1 atom stereocenters. The number of nitrogen functional groups attached to an aromatic ring is 1. The molecule has 4 nitrogen and oxygen atoms in total. The molecule has 0 saturated carbocycles. The van der Waals surface area contributed by atoms with Gasteiger partial charge in [-0.2, -0.15) is 0 Å². The summed E-state index contributed by atoms with van der Waals surface area (Å²) in [6.45, 7) is 6.23. The predicted molar refractivity (Wildman–Crippen MR) is 74.6 cm³/mol. The number of carbonyl (C=O) groups is 1. The van der Waals surface area contributed by atoms with Crippen molar-refractivity contribution in [1.29, 1.82) is 0 Å². The summed E-state index contributed by atoms with van der Waals surface area (Å²) in [5.41, 5.74) is 6.08. The van der Waals surface area contributed by atoms with Crippen molar-refractivity contribution in [2.45, 2.75) is 33.1 Å². The van der Waals surface area contributed by atoms with E-state index in [2.05, 4.69) is 18.8 Å². The molecule has 1 aromatic rings. The number of likely N-dealkylation sites (tertiary alicyclic amines) is 1. The van der Waals surface area contributed by atoms with E-state index in [1.165, 1.54) is 17.8 Å². The van der Waals surface area contributed by atoms with Gasteiger partial charge in [0.1, 0.15) is 5.69 Å². The largest absolute Gasteiger partial charge is 0.375 e. The van der Waals surface area contributed by atoms with Crippen molar-refractivity contribution >= 4 is 22.4 Å². The van der Waals surface area contributed by atoms with Crippen LogP contribution in [-0.4, -0.2) is 28.9 Å². The van der Waals surface area contributed by atoms with Crippen LogP contribution in [0.25, 0.3) is 0 Å². The Hall–Kier alpha value is -1.10. The number of hydrogen-bond donors (Lipinski definition) is 1. The molecule has 100 valence electrons. The zero-order chi connectivity index (χ0) is 13.1. The Morgan fingerprint density at radius 3 is 2.89 bits per heavy atom. The number of nitrogens with zero attached hydrogens (tertiary/aromatic N) is 2. The van der Waals surface area contributed by atoms with E-state index in [4.69, 9.17) is 5.73 Å². The molecule has 0 bridgehead atoms. The molecule has 2 N–H and O–H groups in total. The van der Waals surface area contributed by atoms with Crippen molar-refractivity contribution in [3.63, 3.8) is 0 Å². The fraction of sp³-hybridized carbons (Fsp3) is 0.692. The summed E-state index contributed by atoms with van der Waals surface area (Å²) in [7, 11) is 0. The van der Waals surface area contributed by atoms with Crippen LogP contribution >= 0.6 is 11.3 Å². The highest BCUT2D eigenvalue weighted by Gasteiger charge is 2.24. The van der Waals surface area contributed by atoms with Gasteiger partial charge in [0, 0.05) is 18.5 Å². The summed E-state index contributed by atoms with van der Waals surface area (Å²) in [5, 5.41) is 2.22. The van der Waals surface area contributed by atoms with Crippen molar-refractivity contribution in [1.82, 2.24) is 9.88 Å². The molecule has 2 heterocycles. The standard InChI is InChI=1S/C13H21N3OS/c1-9(2)10-4-3-6-16(7-5-10)12(17)11-8-18-13(14)15-11/h8-10H,3-7H2,1-2H3,(H2,14,15). The fourth-order valence-corrected chi connectivity index (χ4v) is 3.08. The Bertz CT molecular complexity index is 416. The lowest BCUT2D eigenvalue weighted by Gasteiger charge is -2.20. The average Bonchev–Trinajstić information content (AvgIpc) is 2.63. The van der Waals surface area contributed by atoms with Crippen LogP contribution in [0, 0.1) is 11.8 Å². The van der Waals surface area contributed by atoms with E-state index in [1.807, 2.05) is 4.90 Å². The number of hydrogen-bond acceptors (Lipinski definition) is 4. The zero-order valence-electron chi connectivity index (χ0n) is 11.1. The smallest absolute Gasteiger partial charge is 0.273 e. The molecule has 0 radical (unpaired) electrons. The van der Waals surface area contributed by atoms with E-state index in [-0.39, 0.29) is 5.91 Å². The van der Waals surface area contributed by atoms with Gasteiger partial charge in [-0.15, -0.1) is 11.3 Å². The molecule has 0 spiro atoms. The van der Waals surface area contributed by atoms with Crippen molar-refractivity contribution in [3.05, 3.63) is 11.1 Å². The molecule has 2 rings (SSSR count). The topological polar surface area (TPSA) is 59.2 Å². The van der Waals surface area contributed by atoms with Crippen LogP contribution in [0.4, 0.5) is 5.13 Å². The second kappa shape index (κ2) is 5.69. The van der Waals surface area contributed by atoms with E-state index in [1.54, 1.807) is 5.38 Å². The summed E-state index contributed by atoms with van der Waals surface area (Å²) < 4.78 is 0. The predicted octanol–water partition coefficient (Wildman–Crippen LogP) is 2.62. The van der Waals surface area contributed by atoms with E-state index < -0.39 is 0 Å². The third kappa shape index (κ3) is 3.02. The van der Waals surface area contributed by atoms with Gasteiger partial charge in [0.25, 0.3) is 5.91 Å². The number of rotatable bonds is 2. The summed E-state index contributed by atoms with van der Waals surface area (Å²) in [5.74, 6) is 1.48. The molecule has 5 heteroatoms. The van der Waals surface area contributed by atoms with Crippen LogP contribution in [-0.2, 0) is 0 Å². The number of thiazole rings is 1. The summed E-state index contributed by atoms with van der Waals surface area (Å²) in [4.78, 5) is 18.3. The van der Waals surface area contributed by atoms with Crippen molar-refractivity contribution < 1.29 is 4.79 Å². The lowest BCUT2D eigenvalue weighted by molar-refractivity contribution is 0.0754. The van der Waals surface area contributed by atoms with E-state index in [0.29, 0.717) is 16.7 Å². The molecule has 1 unspecified atom stereocenters. The maximum Gasteiger partial charge on any atom is 0.273 e. The zero-order valence-corrected chi connectivity index (χ0v) is 11.9. The van der Waals surface area contributed by atoms with Gasteiger partial charge in [-0.25, -0.2) is 4.98 Å². The maximum atomic E-state index is 12.3. The molecule has 1 aliphatic rings. The molecule has 1 aromatic heterocycles. The SMILES string of the molecule is CC(C)C1CCCN(C(=O)c2csc(N)n2)CC1. The van der Waals surface area contributed by atoms with Gasteiger partial charge in [-0.1, -0.05) is 13.8 Å². The lowest BCUT2D eigenvalue weighted by Crippen LogP contribution is -2.32. The first kappa shape index (κ1) is 13.3. The molecule has 18 heavy (non-hydrogen) atoms. The van der Waals surface area contributed by atoms with Gasteiger partial charge in [-0.05, 0) is 31.1 Å². The van der Waals surface area contributed by atoms with Gasteiger partial charge in [0.05, 0.1) is 0 Å². The highest BCUT2D eigenvalue weighted by Crippen LogP contribution is 2.25. The minimum atomic E-state index is 0.0346. The van der Waals surface area contributed by atoms with Gasteiger partial charge in [0.15, 0.2) is 5.13 Å². The van der Waals surface area contributed by atoms with Crippen LogP contribution < -0.4 is 5.73 Å². The number of anilines is 1. The quantitative estimate of drug-likeness (QED) is 0.896. The molecule has 0 aromatic carbocycles. The van der Waals surface area contributed by atoms with Crippen molar-refractivity contribution in [2.24, 2.45) is 11.8 Å². The lowest BCUT2D eigenvalue weighted by atomic mass is 9.89. The fourth-order valence-electron chi connectivity index (χ4n) is 2.54. The Kier molecular flexibility index (Phi) is 4.22. The number of nitrogens with two attached hydrogens (primary N) is 1. The normalized spacial score (nSPS) is 21.1. The molecule has 1 saturated heterocycles. The second-order valence-electron chi connectivity index (χ2n) is 5.30. The number of aromatic nitrogens is 1. The van der Waals surface area contributed by atoms with Gasteiger partial charge in [-0.3, -0.25) is 4.79 Å². The third-order valence-corrected chi connectivity index (χ3v) is 4.42. The second-order valence-corrected chi connectivity index (χ2v) is 6.19. The van der Waals surface area contributed by atoms with Crippen molar-refractivity contribution in [3.8, 4) is 0 Å². The van der Waals surface area contributed by atoms with Crippen molar-refractivity contribution in [2.75, 3.05) is 18.8 Å². The summed E-state index contributed by atoms with van der Waals surface area (Å²) in [6.07, 6.45) is 3.41. The van der Waals surface area contributed by atoms with E-state index in [0.717, 1.165) is 31.8 Å². The van der Waals surface area contributed by atoms with Gasteiger partial charge in [0.2, 0.25) is 0 Å². The molecule has 1 aliphatic heterocycles. The Balaban J connectivity index is 1.99. The van der Waals surface area contributed by atoms with Crippen LogP contribution in [0.15, 0.2) is 5.38 Å². The number of carbonyl (C=O) groups excluding carboxylic acids is 1. The molecular formula is C13H21N3OS. The monoisotopic (exact) mass is 267 g/mol. The minimum Gasteiger partial charge on any atom is -0.375 e. The van der Waals surface area contributed by atoms with Crippen LogP contribution in [0.3, 0.4) is 0 Å². The van der Waals surface area contributed by atoms with Crippen LogP contribution in [0.5, 0.6) is 0 Å². The van der Waals surface area contributed by atoms with Crippen LogP contribution in [0.2, 0.25) is 0 Å². The van der Waals surface area contributed by atoms with Crippen LogP contribution in [0.1, 0.15) is 43.6 Å². The van der Waals surface area contributed by atoms with E-state index in [9.17, 15) is 4.79 Å². The average molecular weight is 267 g/mol. The highest BCUT2D eigenvalue weighted by atomic mass is 32.1. The Labute approximate surface area is 112 Å². The minimum absolute atomic E-state index is 0.0346. The Morgan fingerprint density at radius 2 is 2.28 bits per heavy atom. The summed E-state index contributed by atoms with van der Waals surface area (Å²) in [6, 6.07) is 0. The van der Waals surface area contributed by atoms with Gasteiger partial charge < -0.3 is 10.6 Å². The molecule has 1 fully saturated rings. The van der Waals surface area contributed by atoms with Gasteiger partial charge >= 0.3 is 0 Å². The highest BCUT2D eigenvalue weighted by molar-refractivity contribution is 7.13. The first-order chi connectivity index (χ1) is 8.58. The summed E-state index contributed by atoms with van der Waals surface area (Å²) >= 11 is 1.33. The Morgan fingerprint density at radius 1 is 1.50 bits per heavy atom. The maximum absolute atomic E-state index is 12.3. The first-order valence-electron chi connectivity index (χ1n) is 6.58. The third-order valence-electron chi connectivity index (χ3n) is 3.74.